The summed E-state index contributed by atoms with van der Waals surface area (Å²) in [5.74, 6) is -0.664. The molecule has 1 heterocycles. The molecular formula is C20H17ClF3N3O3. The van der Waals surface area contributed by atoms with Gasteiger partial charge in [-0.25, -0.2) is 9.80 Å². The molecule has 1 N–H and O–H groups in total. The van der Waals surface area contributed by atoms with Gasteiger partial charge in [-0.15, -0.1) is 0 Å². The summed E-state index contributed by atoms with van der Waals surface area (Å²) in [7, 11) is 1.19. The van der Waals surface area contributed by atoms with Crippen molar-refractivity contribution in [2.45, 2.75) is 13.1 Å². The van der Waals surface area contributed by atoms with Crippen molar-refractivity contribution in [2.24, 2.45) is 10.5 Å². The van der Waals surface area contributed by atoms with E-state index in [2.05, 4.69) is 10.4 Å². The molecule has 0 aliphatic carbocycles. The molecule has 10 heteroatoms. The van der Waals surface area contributed by atoms with Crippen LogP contribution in [0.15, 0.2) is 53.6 Å². The second-order valence-electron chi connectivity index (χ2n) is 6.84. The van der Waals surface area contributed by atoms with Gasteiger partial charge in [0.25, 0.3) is 0 Å². The van der Waals surface area contributed by atoms with E-state index in [1.165, 1.54) is 26.2 Å². The van der Waals surface area contributed by atoms with Gasteiger partial charge in [0.1, 0.15) is 5.41 Å². The number of halogens is 4. The highest BCUT2D eigenvalue weighted by Crippen LogP contribution is 2.35. The molecule has 0 saturated carbocycles. The third-order valence-corrected chi connectivity index (χ3v) is 4.91. The fraction of sp³-hybridized carbons (Fsp3) is 0.250. The smallest absolute Gasteiger partial charge is 0.416 e. The molecule has 2 amide bonds. The number of benzene rings is 2. The van der Waals surface area contributed by atoms with Crippen LogP contribution in [0.2, 0.25) is 5.02 Å². The molecule has 1 unspecified atom stereocenters. The van der Waals surface area contributed by atoms with E-state index in [0.29, 0.717) is 10.7 Å². The third kappa shape index (κ3) is 4.25. The maximum absolute atomic E-state index is 12.9. The lowest BCUT2D eigenvalue weighted by Gasteiger charge is -2.23. The molecule has 2 aromatic carbocycles. The first kappa shape index (κ1) is 21.6. The predicted octanol–water partition coefficient (Wildman–Crippen LogP) is 4.79. The molecular weight excluding hydrogens is 423 g/mol. The Morgan fingerprint density at radius 1 is 1.13 bits per heavy atom. The summed E-state index contributed by atoms with van der Waals surface area (Å²) in [5.41, 5.74) is -1.32. The maximum Gasteiger partial charge on any atom is 0.416 e. The van der Waals surface area contributed by atoms with Crippen molar-refractivity contribution in [3.63, 3.8) is 0 Å². The van der Waals surface area contributed by atoms with Gasteiger partial charge in [-0.1, -0.05) is 23.7 Å². The summed E-state index contributed by atoms with van der Waals surface area (Å²) in [5, 5.41) is 8.38. The van der Waals surface area contributed by atoms with Crippen LogP contribution in [0.4, 0.5) is 23.7 Å². The fourth-order valence-corrected chi connectivity index (χ4v) is 3.19. The average molecular weight is 440 g/mol. The Morgan fingerprint density at radius 3 is 2.27 bits per heavy atom. The van der Waals surface area contributed by atoms with Crippen molar-refractivity contribution >= 4 is 35.0 Å². The largest absolute Gasteiger partial charge is 0.468 e. The number of ether oxygens (including phenoxy) is 1. The number of urea groups is 1. The van der Waals surface area contributed by atoms with E-state index in [0.717, 1.165) is 17.1 Å². The Morgan fingerprint density at radius 2 is 1.73 bits per heavy atom. The maximum atomic E-state index is 12.9. The summed E-state index contributed by atoms with van der Waals surface area (Å²) >= 11 is 5.82. The van der Waals surface area contributed by atoms with Crippen molar-refractivity contribution in [1.82, 2.24) is 5.01 Å². The molecule has 0 aromatic heterocycles. The third-order valence-electron chi connectivity index (χ3n) is 4.66. The first-order valence-electron chi connectivity index (χ1n) is 8.74. The Balaban J connectivity index is 1.92. The molecule has 0 fully saturated rings. The molecule has 1 atom stereocenters. The number of amides is 2. The van der Waals surface area contributed by atoms with Gasteiger partial charge < -0.3 is 10.1 Å². The second-order valence-corrected chi connectivity index (χ2v) is 7.28. The zero-order valence-electron chi connectivity index (χ0n) is 16.0. The highest BCUT2D eigenvalue weighted by atomic mass is 35.5. The Hall–Kier alpha value is -3.07. The predicted molar refractivity (Wildman–Crippen MR) is 105 cm³/mol. The van der Waals surface area contributed by atoms with Gasteiger partial charge in [-0.3, -0.25) is 4.79 Å². The molecule has 0 spiro atoms. The van der Waals surface area contributed by atoms with Crippen molar-refractivity contribution in [3.8, 4) is 0 Å². The number of hydrazone groups is 1. The van der Waals surface area contributed by atoms with E-state index in [1.54, 1.807) is 24.3 Å². The van der Waals surface area contributed by atoms with Gasteiger partial charge in [0.15, 0.2) is 0 Å². The number of nitrogens with zero attached hydrogens (tertiary/aromatic N) is 2. The number of methoxy groups -OCH3 is 1. The molecule has 1 aliphatic heterocycles. The monoisotopic (exact) mass is 439 g/mol. The molecule has 6 nitrogen and oxygen atoms in total. The number of esters is 1. The Labute approximate surface area is 175 Å². The van der Waals surface area contributed by atoms with Crippen molar-refractivity contribution in [3.05, 3.63) is 64.7 Å². The standard InChI is InChI=1S/C20H17ClF3N3O3/c1-19(17(28)30-2)11-27(18(29)25-15-9-7-14(21)8-10-15)26-16(19)12-3-5-13(6-4-12)20(22,23)24/h3-10H,11H2,1-2H3,(H,25,29). The molecule has 0 bridgehead atoms. The minimum absolute atomic E-state index is 0.134. The number of carbonyl (C=O) groups is 2. The quantitative estimate of drug-likeness (QED) is 0.699. The number of hydrogen-bond acceptors (Lipinski definition) is 4. The summed E-state index contributed by atoms with van der Waals surface area (Å²) in [4.78, 5) is 25.1. The number of nitrogens with one attached hydrogen (secondary N) is 1. The van der Waals surface area contributed by atoms with Crippen LogP contribution in [-0.4, -0.2) is 36.4 Å². The number of carbonyl (C=O) groups excluding carboxylic acids is 2. The summed E-state index contributed by atoms with van der Waals surface area (Å²) < 4.78 is 43.4. The minimum atomic E-state index is -4.49. The van der Waals surface area contributed by atoms with Crippen LogP contribution < -0.4 is 5.32 Å². The van der Waals surface area contributed by atoms with E-state index in [4.69, 9.17) is 16.3 Å². The number of hydrogen-bond donors (Lipinski definition) is 1. The Bertz CT molecular complexity index is 991. The molecule has 2 aromatic rings. The lowest BCUT2D eigenvalue weighted by atomic mass is 9.82. The SMILES string of the molecule is COC(=O)C1(C)CN(C(=O)Nc2ccc(Cl)cc2)N=C1c1ccc(C(F)(F)F)cc1. The zero-order valence-corrected chi connectivity index (χ0v) is 16.7. The van der Waals surface area contributed by atoms with Gasteiger partial charge in [0.05, 0.1) is 24.9 Å². The van der Waals surface area contributed by atoms with Crippen LogP contribution in [0.1, 0.15) is 18.1 Å². The molecule has 0 radical (unpaired) electrons. The van der Waals surface area contributed by atoms with Gasteiger partial charge in [-0.2, -0.15) is 18.3 Å². The van der Waals surface area contributed by atoms with Crippen LogP contribution in [0.25, 0.3) is 0 Å². The van der Waals surface area contributed by atoms with Crippen LogP contribution in [-0.2, 0) is 15.7 Å². The molecule has 158 valence electrons. The summed E-state index contributed by atoms with van der Waals surface area (Å²) in [6, 6.07) is 9.97. The fourth-order valence-electron chi connectivity index (χ4n) is 3.06. The lowest BCUT2D eigenvalue weighted by Crippen LogP contribution is -2.42. The van der Waals surface area contributed by atoms with E-state index in [-0.39, 0.29) is 17.8 Å². The minimum Gasteiger partial charge on any atom is -0.468 e. The van der Waals surface area contributed by atoms with Gasteiger partial charge in [-0.05, 0) is 48.9 Å². The summed E-state index contributed by atoms with van der Waals surface area (Å²) in [6.07, 6.45) is -4.49. The van der Waals surface area contributed by atoms with Crippen molar-refractivity contribution < 1.29 is 27.5 Å². The number of rotatable bonds is 3. The average Bonchev–Trinajstić information content (AvgIpc) is 3.07. The van der Waals surface area contributed by atoms with Crippen LogP contribution in [0, 0.1) is 5.41 Å². The molecule has 0 saturated heterocycles. The Kier molecular flexibility index (Phi) is 5.76. The summed E-state index contributed by atoms with van der Waals surface area (Å²) in [6.45, 7) is 1.38. The van der Waals surface area contributed by atoms with Crippen molar-refractivity contribution in [2.75, 3.05) is 19.0 Å². The molecule has 3 rings (SSSR count). The second kappa shape index (κ2) is 7.98. The number of anilines is 1. The van der Waals surface area contributed by atoms with E-state index in [9.17, 15) is 22.8 Å². The first-order valence-corrected chi connectivity index (χ1v) is 9.11. The van der Waals surface area contributed by atoms with E-state index < -0.39 is 29.2 Å². The van der Waals surface area contributed by atoms with Crippen LogP contribution >= 0.6 is 11.6 Å². The highest BCUT2D eigenvalue weighted by molar-refractivity contribution is 6.30. The van der Waals surface area contributed by atoms with Crippen molar-refractivity contribution in [1.29, 1.82) is 0 Å². The van der Waals surface area contributed by atoms with Crippen LogP contribution in [0.5, 0.6) is 0 Å². The highest BCUT2D eigenvalue weighted by Gasteiger charge is 2.48. The molecule has 1 aliphatic rings. The first-order chi connectivity index (χ1) is 14.0. The topological polar surface area (TPSA) is 71.0 Å². The van der Waals surface area contributed by atoms with E-state index in [1.807, 2.05) is 0 Å². The van der Waals surface area contributed by atoms with Gasteiger partial charge >= 0.3 is 18.2 Å². The number of alkyl halides is 3. The lowest BCUT2D eigenvalue weighted by molar-refractivity contribution is -0.147. The normalized spacial score (nSPS) is 18.7. The van der Waals surface area contributed by atoms with Crippen LogP contribution in [0.3, 0.4) is 0 Å². The van der Waals surface area contributed by atoms with Gasteiger partial charge in [0, 0.05) is 10.7 Å². The van der Waals surface area contributed by atoms with Gasteiger partial charge in [0.2, 0.25) is 0 Å². The molecule has 30 heavy (non-hydrogen) atoms. The zero-order chi connectivity index (χ0) is 22.1. The van der Waals surface area contributed by atoms with E-state index >= 15 is 0 Å².